The second-order valence-electron chi connectivity index (χ2n) is 7.05. The van der Waals surface area contributed by atoms with Crippen LogP contribution in [0.1, 0.15) is 53.4 Å². The van der Waals surface area contributed by atoms with Crippen molar-refractivity contribution >= 4 is 5.91 Å². The number of hydrogen-bond acceptors (Lipinski definition) is 3. The molecule has 0 radical (unpaired) electrons. The molecule has 1 unspecified atom stereocenters. The van der Waals surface area contributed by atoms with E-state index in [0.717, 1.165) is 45.3 Å². The Labute approximate surface area is 124 Å². The second-order valence-corrected chi connectivity index (χ2v) is 7.05. The van der Waals surface area contributed by atoms with E-state index in [-0.39, 0.29) is 17.4 Å². The third-order valence-electron chi connectivity index (χ3n) is 4.51. The lowest BCUT2D eigenvalue weighted by atomic mass is 9.77. The molecule has 4 heteroatoms. The molecule has 1 aliphatic rings. The molecule has 118 valence electrons. The summed E-state index contributed by atoms with van der Waals surface area (Å²) in [6.45, 7) is 11.6. The third-order valence-corrected chi connectivity index (χ3v) is 4.51. The lowest BCUT2D eigenvalue weighted by Gasteiger charge is -2.38. The molecule has 0 aromatic rings. The molecule has 20 heavy (non-hydrogen) atoms. The summed E-state index contributed by atoms with van der Waals surface area (Å²) in [7, 11) is 2.15. The summed E-state index contributed by atoms with van der Waals surface area (Å²) < 4.78 is 0. The van der Waals surface area contributed by atoms with E-state index in [1.54, 1.807) is 0 Å². The summed E-state index contributed by atoms with van der Waals surface area (Å²) in [6, 6.07) is 0.561. The topological polar surface area (TPSA) is 44.4 Å². The van der Waals surface area contributed by atoms with Gasteiger partial charge < -0.3 is 15.5 Å². The minimum absolute atomic E-state index is 0.0328. The van der Waals surface area contributed by atoms with Gasteiger partial charge in [0.05, 0.1) is 6.04 Å². The lowest BCUT2D eigenvalue weighted by Crippen LogP contribution is -2.55. The minimum atomic E-state index is -0.0328. The van der Waals surface area contributed by atoms with Gasteiger partial charge in [0.15, 0.2) is 0 Å². The average Bonchev–Trinajstić information content (AvgIpc) is 2.37. The van der Waals surface area contributed by atoms with Crippen molar-refractivity contribution in [2.24, 2.45) is 5.41 Å². The maximum atomic E-state index is 12.2. The molecule has 1 rings (SSSR count). The van der Waals surface area contributed by atoms with Gasteiger partial charge in [-0.3, -0.25) is 4.79 Å². The molecule has 0 bridgehead atoms. The van der Waals surface area contributed by atoms with Gasteiger partial charge in [-0.1, -0.05) is 13.8 Å². The van der Waals surface area contributed by atoms with Crippen LogP contribution >= 0.6 is 0 Å². The van der Waals surface area contributed by atoms with Crippen LogP contribution in [-0.4, -0.2) is 49.6 Å². The zero-order valence-electron chi connectivity index (χ0n) is 14.0. The summed E-state index contributed by atoms with van der Waals surface area (Å²) in [5.41, 5.74) is 0.0696. The van der Waals surface area contributed by atoms with Gasteiger partial charge in [0.25, 0.3) is 0 Å². The molecule has 0 saturated carbocycles. The molecule has 0 aromatic carbocycles. The molecule has 0 aliphatic carbocycles. The second kappa shape index (κ2) is 7.99. The SMILES string of the molecule is CC(C)N(C)CCCCNC(=O)C1NCCCC1(C)C. The van der Waals surface area contributed by atoms with Gasteiger partial charge in [-0.15, -0.1) is 0 Å². The van der Waals surface area contributed by atoms with Crippen LogP contribution < -0.4 is 10.6 Å². The minimum Gasteiger partial charge on any atom is -0.355 e. The zero-order valence-corrected chi connectivity index (χ0v) is 14.0. The van der Waals surface area contributed by atoms with E-state index >= 15 is 0 Å². The van der Waals surface area contributed by atoms with Gasteiger partial charge >= 0.3 is 0 Å². The van der Waals surface area contributed by atoms with Gasteiger partial charge in [0, 0.05) is 12.6 Å². The van der Waals surface area contributed by atoms with Crippen molar-refractivity contribution in [1.29, 1.82) is 0 Å². The van der Waals surface area contributed by atoms with Gasteiger partial charge in [-0.25, -0.2) is 0 Å². The van der Waals surface area contributed by atoms with Crippen LogP contribution in [0.15, 0.2) is 0 Å². The number of unbranched alkanes of at least 4 members (excludes halogenated alkanes) is 1. The third kappa shape index (κ3) is 5.41. The summed E-state index contributed by atoms with van der Waals surface area (Å²) in [4.78, 5) is 14.6. The van der Waals surface area contributed by atoms with Gasteiger partial charge in [0.2, 0.25) is 5.91 Å². The van der Waals surface area contributed by atoms with Crippen LogP contribution in [0.5, 0.6) is 0 Å². The largest absolute Gasteiger partial charge is 0.355 e. The summed E-state index contributed by atoms with van der Waals surface area (Å²) >= 11 is 0. The standard InChI is InChI=1S/C16H33N3O/c1-13(2)19(5)12-7-6-10-18-15(20)14-16(3,4)9-8-11-17-14/h13-14,17H,6-12H2,1-5H3,(H,18,20). The van der Waals surface area contributed by atoms with Crippen molar-refractivity contribution in [3.8, 4) is 0 Å². The molecular formula is C16H33N3O. The molecule has 1 aliphatic heterocycles. The molecule has 0 spiro atoms. The smallest absolute Gasteiger partial charge is 0.237 e. The average molecular weight is 283 g/mol. The number of carbonyl (C=O) groups is 1. The molecule has 1 atom stereocenters. The number of carbonyl (C=O) groups excluding carboxylic acids is 1. The molecule has 4 nitrogen and oxygen atoms in total. The van der Waals surface area contributed by atoms with Crippen molar-refractivity contribution in [3.05, 3.63) is 0 Å². The quantitative estimate of drug-likeness (QED) is 0.703. The number of hydrogen-bond donors (Lipinski definition) is 2. The van der Waals surface area contributed by atoms with Crippen molar-refractivity contribution in [2.75, 3.05) is 26.7 Å². The highest BCUT2D eigenvalue weighted by Gasteiger charge is 2.36. The van der Waals surface area contributed by atoms with Crippen molar-refractivity contribution in [3.63, 3.8) is 0 Å². The van der Waals surface area contributed by atoms with E-state index < -0.39 is 0 Å². The summed E-state index contributed by atoms with van der Waals surface area (Å²) in [6.07, 6.45) is 4.47. The number of piperidine rings is 1. The van der Waals surface area contributed by atoms with Crippen molar-refractivity contribution < 1.29 is 4.79 Å². The van der Waals surface area contributed by atoms with Crippen molar-refractivity contribution in [1.82, 2.24) is 15.5 Å². The Bertz CT molecular complexity index is 302. The molecule has 1 amide bonds. The predicted molar refractivity (Wildman–Crippen MR) is 84.8 cm³/mol. The normalized spacial score (nSPS) is 22.2. The van der Waals surface area contributed by atoms with Gasteiger partial charge in [-0.05, 0) is 65.1 Å². The van der Waals surface area contributed by atoms with Crippen LogP contribution in [0.2, 0.25) is 0 Å². The first-order valence-corrected chi connectivity index (χ1v) is 8.06. The molecule has 1 fully saturated rings. The van der Waals surface area contributed by atoms with E-state index in [2.05, 4.69) is 50.3 Å². The Kier molecular flexibility index (Phi) is 6.96. The number of nitrogens with zero attached hydrogens (tertiary/aromatic N) is 1. The van der Waals surface area contributed by atoms with Crippen molar-refractivity contribution in [2.45, 2.75) is 65.5 Å². The van der Waals surface area contributed by atoms with E-state index in [4.69, 9.17) is 0 Å². The molecular weight excluding hydrogens is 250 g/mol. The van der Waals surface area contributed by atoms with E-state index in [0.29, 0.717) is 6.04 Å². The van der Waals surface area contributed by atoms with Gasteiger partial charge in [-0.2, -0.15) is 0 Å². The number of amides is 1. The van der Waals surface area contributed by atoms with Crippen LogP contribution in [0, 0.1) is 5.41 Å². The first-order chi connectivity index (χ1) is 9.34. The summed E-state index contributed by atoms with van der Waals surface area (Å²) in [5.74, 6) is 0.173. The van der Waals surface area contributed by atoms with Crippen LogP contribution in [0.3, 0.4) is 0 Å². The van der Waals surface area contributed by atoms with Crippen LogP contribution in [0.4, 0.5) is 0 Å². The number of rotatable bonds is 7. The fourth-order valence-electron chi connectivity index (χ4n) is 2.72. The maximum Gasteiger partial charge on any atom is 0.237 e. The fourth-order valence-corrected chi connectivity index (χ4v) is 2.72. The number of nitrogens with one attached hydrogen (secondary N) is 2. The first kappa shape index (κ1) is 17.4. The van der Waals surface area contributed by atoms with Gasteiger partial charge in [0.1, 0.15) is 0 Å². The Morgan fingerprint density at radius 2 is 2.10 bits per heavy atom. The van der Waals surface area contributed by atoms with E-state index in [1.807, 2.05) is 0 Å². The highest BCUT2D eigenvalue weighted by Crippen LogP contribution is 2.29. The Morgan fingerprint density at radius 3 is 2.70 bits per heavy atom. The molecule has 2 N–H and O–H groups in total. The Morgan fingerprint density at radius 1 is 1.40 bits per heavy atom. The lowest BCUT2D eigenvalue weighted by molar-refractivity contribution is -0.126. The van der Waals surface area contributed by atoms with Crippen LogP contribution in [0.25, 0.3) is 0 Å². The first-order valence-electron chi connectivity index (χ1n) is 8.06. The monoisotopic (exact) mass is 283 g/mol. The summed E-state index contributed by atoms with van der Waals surface area (Å²) in [5, 5.41) is 6.45. The predicted octanol–water partition coefficient (Wildman–Crippen LogP) is 2.00. The highest BCUT2D eigenvalue weighted by molar-refractivity contribution is 5.82. The Balaban J connectivity index is 2.20. The van der Waals surface area contributed by atoms with E-state index in [1.165, 1.54) is 0 Å². The highest BCUT2D eigenvalue weighted by atomic mass is 16.2. The molecule has 1 heterocycles. The fraction of sp³-hybridized carbons (Fsp3) is 0.938. The van der Waals surface area contributed by atoms with Crippen LogP contribution in [-0.2, 0) is 4.79 Å². The van der Waals surface area contributed by atoms with E-state index in [9.17, 15) is 4.79 Å². The zero-order chi connectivity index (χ0) is 15.2. The molecule has 1 saturated heterocycles. The maximum absolute atomic E-state index is 12.2. The Hall–Kier alpha value is -0.610. The molecule has 0 aromatic heterocycles.